The SMILES string of the molecule is COc1ccc(C=C2CCCC3C2=NN(C(=O)COC(=O)c2ccc(O)cc2)C3c2ccc(OC)cc2)cc1. The summed E-state index contributed by atoms with van der Waals surface area (Å²) in [4.78, 5) is 26.0. The third-order valence-corrected chi connectivity index (χ3v) is 7.10. The summed E-state index contributed by atoms with van der Waals surface area (Å²) in [5, 5.41) is 15.8. The van der Waals surface area contributed by atoms with Crippen LogP contribution in [0, 0.1) is 5.92 Å². The molecule has 0 bridgehead atoms. The summed E-state index contributed by atoms with van der Waals surface area (Å²) in [5.41, 5.74) is 4.19. The van der Waals surface area contributed by atoms with Gasteiger partial charge >= 0.3 is 5.97 Å². The van der Waals surface area contributed by atoms with E-state index >= 15 is 0 Å². The topological polar surface area (TPSA) is 97.7 Å². The number of nitrogens with zero attached hydrogens (tertiary/aromatic N) is 2. The van der Waals surface area contributed by atoms with Gasteiger partial charge < -0.3 is 19.3 Å². The first-order chi connectivity index (χ1) is 19.0. The van der Waals surface area contributed by atoms with Gasteiger partial charge in [0.2, 0.25) is 0 Å². The van der Waals surface area contributed by atoms with Crippen LogP contribution in [0.1, 0.15) is 46.8 Å². The molecule has 0 saturated heterocycles. The Labute approximate surface area is 227 Å². The molecule has 0 radical (unpaired) electrons. The molecule has 39 heavy (non-hydrogen) atoms. The summed E-state index contributed by atoms with van der Waals surface area (Å²) in [6, 6.07) is 20.8. The predicted molar refractivity (Wildman–Crippen MR) is 147 cm³/mol. The Morgan fingerprint density at radius 1 is 0.949 bits per heavy atom. The summed E-state index contributed by atoms with van der Waals surface area (Å²) in [7, 11) is 3.25. The number of carbonyl (C=O) groups is 2. The summed E-state index contributed by atoms with van der Waals surface area (Å²) < 4.78 is 15.9. The Kier molecular flexibility index (Phi) is 7.63. The molecule has 1 saturated carbocycles. The number of ether oxygens (including phenoxy) is 3. The van der Waals surface area contributed by atoms with Crippen LogP contribution >= 0.6 is 0 Å². The second kappa shape index (κ2) is 11.4. The molecule has 1 aliphatic carbocycles. The first kappa shape index (κ1) is 26.0. The number of benzene rings is 3. The minimum atomic E-state index is -0.645. The molecule has 1 amide bonds. The lowest BCUT2D eigenvalue weighted by Crippen LogP contribution is -2.34. The van der Waals surface area contributed by atoms with Gasteiger partial charge in [0.1, 0.15) is 17.2 Å². The van der Waals surface area contributed by atoms with Gasteiger partial charge in [-0.05, 0) is 90.6 Å². The Morgan fingerprint density at radius 2 is 1.59 bits per heavy atom. The van der Waals surface area contributed by atoms with Crippen molar-refractivity contribution in [3.8, 4) is 17.2 Å². The van der Waals surface area contributed by atoms with Crippen molar-refractivity contribution in [3.63, 3.8) is 0 Å². The number of hydrogen-bond donors (Lipinski definition) is 1. The van der Waals surface area contributed by atoms with E-state index in [1.165, 1.54) is 29.3 Å². The van der Waals surface area contributed by atoms with Crippen LogP contribution < -0.4 is 9.47 Å². The van der Waals surface area contributed by atoms with Crippen LogP contribution in [0.15, 0.2) is 83.5 Å². The number of phenols is 1. The molecule has 3 aromatic rings. The molecule has 2 aliphatic rings. The maximum Gasteiger partial charge on any atom is 0.338 e. The third kappa shape index (κ3) is 5.65. The van der Waals surface area contributed by atoms with E-state index in [1.807, 2.05) is 48.5 Å². The van der Waals surface area contributed by atoms with E-state index in [2.05, 4.69) is 6.08 Å². The highest BCUT2D eigenvalue weighted by atomic mass is 16.5. The molecular formula is C31H30N2O6. The highest BCUT2D eigenvalue weighted by molar-refractivity contribution is 6.08. The van der Waals surface area contributed by atoms with Crippen LogP contribution in [0.2, 0.25) is 0 Å². The van der Waals surface area contributed by atoms with Crippen LogP contribution in [0.3, 0.4) is 0 Å². The molecule has 8 heteroatoms. The number of esters is 1. The van der Waals surface area contributed by atoms with E-state index in [0.717, 1.165) is 53.2 Å². The Morgan fingerprint density at radius 3 is 2.23 bits per heavy atom. The van der Waals surface area contributed by atoms with Crippen molar-refractivity contribution in [2.75, 3.05) is 20.8 Å². The molecule has 5 rings (SSSR count). The number of fused-ring (bicyclic) bond motifs is 1. The molecule has 8 nitrogen and oxygen atoms in total. The van der Waals surface area contributed by atoms with Crippen LogP contribution in [0.4, 0.5) is 0 Å². The quantitative estimate of drug-likeness (QED) is 0.415. The fourth-order valence-corrected chi connectivity index (χ4v) is 5.12. The number of hydrogen-bond acceptors (Lipinski definition) is 7. The zero-order chi connectivity index (χ0) is 27.4. The maximum atomic E-state index is 13.5. The number of allylic oxidation sites excluding steroid dienone is 1. The van der Waals surface area contributed by atoms with Crippen molar-refractivity contribution in [1.82, 2.24) is 5.01 Å². The number of amides is 1. The average Bonchev–Trinajstić information content (AvgIpc) is 3.37. The number of methoxy groups -OCH3 is 2. The largest absolute Gasteiger partial charge is 0.508 e. The molecule has 200 valence electrons. The maximum absolute atomic E-state index is 13.5. The van der Waals surface area contributed by atoms with Crippen molar-refractivity contribution in [2.24, 2.45) is 11.0 Å². The monoisotopic (exact) mass is 526 g/mol. The van der Waals surface area contributed by atoms with E-state index in [0.29, 0.717) is 0 Å². The van der Waals surface area contributed by atoms with Gasteiger partial charge in [0.25, 0.3) is 5.91 Å². The third-order valence-electron chi connectivity index (χ3n) is 7.10. The molecule has 3 aromatic carbocycles. The molecule has 1 aliphatic heterocycles. The minimum Gasteiger partial charge on any atom is -0.508 e. The van der Waals surface area contributed by atoms with Crippen LogP contribution in [0.5, 0.6) is 17.2 Å². The lowest BCUT2D eigenvalue weighted by molar-refractivity contribution is -0.137. The Hall–Kier alpha value is -4.59. The Balaban J connectivity index is 1.43. The summed E-state index contributed by atoms with van der Waals surface area (Å²) >= 11 is 0. The van der Waals surface area contributed by atoms with Crippen LogP contribution in [0.25, 0.3) is 6.08 Å². The molecule has 0 spiro atoms. The number of carbonyl (C=O) groups excluding carboxylic acids is 2. The summed E-state index contributed by atoms with van der Waals surface area (Å²) in [6.07, 6.45) is 4.83. The molecule has 2 atom stereocenters. The first-order valence-electron chi connectivity index (χ1n) is 12.8. The summed E-state index contributed by atoms with van der Waals surface area (Å²) in [6.45, 7) is -0.451. The molecule has 1 fully saturated rings. The Bertz CT molecular complexity index is 1390. The van der Waals surface area contributed by atoms with Crippen molar-refractivity contribution >= 4 is 23.7 Å². The number of aromatic hydroxyl groups is 1. The number of hydrazone groups is 1. The lowest BCUT2D eigenvalue weighted by Gasteiger charge is -2.29. The van der Waals surface area contributed by atoms with Gasteiger partial charge in [0, 0.05) is 5.92 Å². The standard InChI is InChI=1S/C31H30N2O6/c1-37-25-14-6-20(7-15-25)18-23-4-3-5-27-29(23)32-33(30(27)21-10-16-26(38-2)17-11-21)28(35)19-39-31(36)22-8-12-24(34)13-9-22/h6-18,27,30,34H,3-5,19H2,1-2H3. The predicted octanol–water partition coefficient (Wildman–Crippen LogP) is 5.39. The minimum absolute atomic E-state index is 0.00777. The first-order valence-corrected chi connectivity index (χ1v) is 12.8. The van der Waals surface area contributed by atoms with Crippen molar-refractivity contribution in [3.05, 3.63) is 95.1 Å². The van der Waals surface area contributed by atoms with Gasteiger partial charge in [-0.25, -0.2) is 9.80 Å². The van der Waals surface area contributed by atoms with Crippen molar-refractivity contribution in [2.45, 2.75) is 25.3 Å². The highest BCUT2D eigenvalue weighted by Crippen LogP contribution is 2.44. The van der Waals surface area contributed by atoms with E-state index in [9.17, 15) is 14.7 Å². The van der Waals surface area contributed by atoms with Gasteiger partial charge in [-0.15, -0.1) is 0 Å². The lowest BCUT2D eigenvalue weighted by atomic mass is 9.77. The van der Waals surface area contributed by atoms with Crippen LogP contribution in [-0.4, -0.2) is 48.5 Å². The fourth-order valence-electron chi connectivity index (χ4n) is 5.12. The molecule has 0 aromatic heterocycles. The second-order valence-corrected chi connectivity index (χ2v) is 9.51. The zero-order valence-corrected chi connectivity index (χ0v) is 21.9. The van der Waals surface area contributed by atoms with E-state index in [4.69, 9.17) is 19.3 Å². The number of phenolic OH excluding ortho intramolecular Hbond substituents is 1. The zero-order valence-electron chi connectivity index (χ0n) is 21.9. The molecule has 1 heterocycles. The highest BCUT2D eigenvalue weighted by Gasteiger charge is 2.43. The van der Waals surface area contributed by atoms with Gasteiger partial charge in [0.05, 0.1) is 31.5 Å². The average molecular weight is 527 g/mol. The van der Waals surface area contributed by atoms with Gasteiger partial charge in [-0.2, -0.15) is 5.10 Å². The van der Waals surface area contributed by atoms with Crippen molar-refractivity contribution < 1.29 is 28.9 Å². The van der Waals surface area contributed by atoms with Crippen LogP contribution in [-0.2, 0) is 9.53 Å². The molecule has 1 N–H and O–H groups in total. The smallest absolute Gasteiger partial charge is 0.338 e. The second-order valence-electron chi connectivity index (χ2n) is 9.51. The normalized spacial score (nSPS) is 19.3. The van der Waals surface area contributed by atoms with E-state index in [1.54, 1.807) is 14.2 Å². The fraction of sp³-hybridized carbons (Fsp3) is 0.258. The number of rotatable bonds is 7. The van der Waals surface area contributed by atoms with Gasteiger partial charge in [-0.1, -0.05) is 24.3 Å². The summed E-state index contributed by atoms with van der Waals surface area (Å²) in [5.74, 6) is 0.507. The molecule has 2 unspecified atom stereocenters. The van der Waals surface area contributed by atoms with Gasteiger partial charge in [-0.3, -0.25) is 4.79 Å². The van der Waals surface area contributed by atoms with Gasteiger partial charge in [0.15, 0.2) is 6.61 Å². The molecular weight excluding hydrogens is 496 g/mol. The van der Waals surface area contributed by atoms with Crippen molar-refractivity contribution in [1.29, 1.82) is 0 Å². The van der Waals surface area contributed by atoms with E-state index in [-0.39, 0.29) is 23.3 Å². The van der Waals surface area contributed by atoms with E-state index < -0.39 is 18.5 Å².